The third kappa shape index (κ3) is 3.38. The first kappa shape index (κ1) is 21.9. The number of nitrogens with one attached hydrogen (secondary N) is 1. The molecule has 2 aromatic heterocycles. The van der Waals surface area contributed by atoms with Crippen LogP contribution >= 0.6 is 11.3 Å². The number of anilines is 2. The number of carbonyl (C=O) groups excluding carboxylic acids is 2. The summed E-state index contributed by atoms with van der Waals surface area (Å²) in [5.74, 6) is -1.51. The van der Waals surface area contributed by atoms with Crippen LogP contribution in [0.1, 0.15) is 32.0 Å². The number of rotatable bonds is 5. The standard InChI is InChI=1S/C26H24N4O3S/c1-14-25(34-15(2)28-14)23(31)21-22(19-13-27-20-8-6-5-7-18(19)20)30(26(33)24(21)32)17-11-9-16(10-12-17)29(3)4/h5-13,22,27,32H,1-4H3. The molecule has 0 saturated carbocycles. The maximum Gasteiger partial charge on any atom is 0.294 e. The molecule has 5 rings (SSSR count). The molecule has 3 heterocycles. The number of aliphatic hydroxyl groups excluding tert-OH is 1. The van der Waals surface area contributed by atoms with Crippen LogP contribution in [0.3, 0.4) is 0 Å². The molecule has 1 aliphatic heterocycles. The van der Waals surface area contributed by atoms with Crippen LogP contribution in [-0.4, -0.2) is 40.9 Å². The van der Waals surface area contributed by atoms with Gasteiger partial charge in [-0.3, -0.25) is 14.5 Å². The van der Waals surface area contributed by atoms with Crippen molar-refractivity contribution in [1.82, 2.24) is 9.97 Å². The smallest absolute Gasteiger partial charge is 0.294 e. The summed E-state index contributed by atoms with van der Waals surface area (Å²) in [5.41, 5.74) is 3.86. The number of hydrogen-bond acceptors (Lipinski definition) is 6. The average molecular weight is 473 g/mol. The Bertz CT molecular complexity index is 1460. The lowest BCUT2D eigenvalue weighted by molar-refractivity contribution is -0.117. The summed E-state index contributed by atoms with van der Waals surface area (Å²) >= 11 is 1.27. The van der Waals surface area contributed by atoms with Crippen molar-refractivity contribution in [2.45, 2.75) is 19.9 Å². The van der Waals surface area contributed by atoms with Crippen molar-refractivity contribution in [3.63, 3.8) is 0 Å². The van der Waals surface area contributed by atoms with Gasteiger partial charge >= 0.3 is 0 Å². The lowest BCUT2D eigenvalue weighted by Crippen LogP contribution is -2.31. The van der Waals surface area contributed by atoms with E-state index in [-0.39, 0.29) is 11.4 Å². The number of H-pyrrole nitrogens is 1. The highest BCUT2D eigenvalue weighted by Gasteiger charge is 2.46. The van der Waals surface area contributed by atoms with Gasteiger partial charge in [-0.1, -0.05) is 18.2 Å². The molecule has 1 unspecified atom stereocenters. The summed E-state index contributed by atoms with van der Waals surface area (Å²) < 4.78 is 0. The summed E-state index contributed by atoms with van der Waals surface area (Å²) in [6.45, 7) is 3.60. The number of nitrogens with zero attached hydrogens (tertiary/aromatic N) is 3. The first-order valence-electron chi connectivity index (χ1n) is 10.9. The first-order valence-corrected chi connectivity index (χ1v) is 11.7. The molecule has 2 aromatic carbocycles. The summed E-state index contributed by atoms with van der Waals surface area (Å²) in [4.78, 5) is 38.7. The quantitative estimate of drug-likeness (QED) is 0.395. The van der Waals surface area contributed by atoms with Crippen molar-refractivity contribution in [3.8, 4) is 0 Å². The zero-order valence-corrected chi connectivity index (χ0v) is 20.1. The largest absolute Gasteiger partial charge is 0.503 e. The molecule has 34 heavy (non-hydrogen) atoms. The lowest BCUT2D eigenvalue weighted by Gasteiger charge is -2.27. The SMILES string of the molecule is Cc1nc(C)c(C(=O)C2=C(O)C(=O)N(c3ccc(N(C)C)cc3)C2c2c[nH]c3ccccc23)s1. The number of aromatic amines is 1. The Morgan fingerprint density at radius 1 is 1.12 bits per heavy atom. The van der Waals surface area contributed by atoms with Crippen molar-refractivity contribution in [1.29, 1.82) is 0 Å². The fourth-order valence-electron chi connectivity index (χ4n) is 4.49. The highest BCUT2D eigenvalue weighted by atomic mass is 32.1. The predicted molar refractivity (Wildman–Crippen MR) is 135 cm³/mol. The molecule has 7 nitrogen and oxygen atoms in total. The Kier molecular flexibility index (Phi) is 5.25. The lowest BCUT2D eigenvalue weighted by atomic mass is 9.94. The Morgan fingerprint density at radius 2 is 1.82 bits per heavy atom. The minimum atomic E-state index is -0.789. The summed E-state index contributed by atoms with van der Waals surface area (Å²) in [6, 6.07) is 14.4. The molecule has 172 valence electrons. The van der Waals surface area contributed by atoms with Gasteiger partial charge in [0.1, 0.15) is 0 Å². The zero-order valence-electron chi connectivity index (χ0n) is 19.3. The minimum absolute atomic E-state index is 0.0678. The van der Waals surface area contributed by atoms with Crippen molar-refractivity contribution >= 4 is 45.3 Å². The van der Waals surface area contributed by atoms with Gasteiger partial charge in [0.2, 0.25) is 5.78 Å². The summed E-state index contributed by atoms with van der Waals surface area (Å²) in [7, 11) is 3.88. The second-order valence-corrected chi connectivity index (χ2v) is 9.72. The van der Waals surface area contributed by atoms with Crippen LogP contribution in [-0.2, 0) is 4.79 Å². The van der Waals surface area contributed by atoms with E-state index in [1.807, 2.05) is 74.4 Å². The van der Waals surface area contributed by atoms with Crippen LogP contribution in [0.15, 0.2) is 66.1 Å². The van der Waals surface area contributed by atoms with Crippen molar-refractivity contribution in [2.24, 2.45) is 0 Å². The van der Waals surface area contributed by atoms with E-state index in [0.717, 1.165) is 27.2 Å². The van der Waals surface area contributed by atoms with Gasteiger partial charge in [-0.15, -0.1) is 11.3 Å². The molecule has 0 bridgehead atoms. The molecule has 4 aromatic rings. The normalized spacial score (nSPS) is 16.1. The Morgan fingerprint density at radius 3 is 2.47 bits per heavy atom. The van der Waals surface area contributed by atoms with E-state index in [9.17, 15) is 14.7 Å². The van der Waals surface area contributed by atoms with Gasteiger partial charge in [0.25, 0.3) is 5.91 Å². The van der Waals surface area contributed by atoms with Crippen LogP contribution in [0.4, 0.5) is 11.4 Å². The number of amides is 1. The number of aryl methyl sites for hydroxylation is 2. The Hall–Kier alpha value is -3.91. The summed E-state index contributed by atoms with van der Waals surface area (Å²) in [6.07, 6.45) is 1.81. The molecule has 2 N–H and O–H groups in total. The minimum Gasteiger partial charge on any atom is -0.503 e. The first-order chi connectivity index (χ1) is 16.3. The van der Waals surface area contributed by atoms with Crippen LogP contribution in [0.2, 0.25) is 0 Å². The molecule has 0 radical (unpaired) electrons. The predicted octanol–water partition coefficient (Wildman–Crippen LogP) is 5.09. The number of carbonyl (C=O) groups is 2. The Balaban J connectivity index is 1.70. The maximum absolute atomic E-state index is 13.8. The van der Waals surface area contributed by atoms with E-state index in [2.05, 4.69) is 9.97 Å². The van der Waals surface area contributed by atoms with Crippen LogP contribution in [0, 0.1) is 13.8 Å². The third-order valence-electron chi connectivity index (χ3n) is 6.12. The van der Waals surface area contributed by atoms with Gasteiger partial charge < -0.3 is 15.0 Å². The van der Waals surface area contributed by atoms with Crippen LogP contribution in [0.25, 0.3) is 10.9 Å². The van der Waals surface area contributed by atoms with E-state index in [1.165, 1.54) is 16.2 Å². The van der Waals surface area contributed by atoms with Gasteiger partial charge in [-0.05, 0) is 44.2 Å². The van der Waals surface area contributed by atoms with Gasteiger partial charge in [0.15, 0.2) is 5.76 Å². The zero-order chi connectivity index (χ0) is 24.1. The van der Waals surface area contributed by atoms with E-state index < -0.39 is 17.7 Å². The van der Waals surface area contributed by atoms with Crippen LogP contribution < -0.4 is 9.80 Å². The molecule has 1 aliphatic rings. The number of aliphatic hydroxyl groups is 1. The van der Waals surface area contributed by atoms with Crippen molar-refractivity contribution < 1.29 is 14.7 Å². The van der Waals surface area contributed by atoms with E-state index in [1.54, 1.807) is 13.1 Å². The monoisotopic (exact) mass is 472 g/mol. The fourth-order valence-corrected chi connectivity index (χ4v) is 5.37. The van der Waals surface area contributed by atoms with Gasteiger partial charge in [0.05, 0.1) is 27.2 Å². The van der Waals surface area contributed by atoms with Crippen molar-refractivity contribution in [2.75, 3.05) is 23.9 Å². The number of fused-ring (bicyclic) bond motifs is 1. The number of benzene rings is 2. The number of hydrogen-bond donors (Lipinski definition) is 2. The molecule has 0 saturated heterocycles. The highest BCUT2D eigenvalue weighted by molar-refractivity contribution is 7.14. The molecular weight excluding hydrogens is 448 g/mol. The molecule has 1 amide bonds. The molecule has 8 heteroatoms. The third-order valence-corrected chi connectivity index (χ3v) is 7.19. The number of Topliss-reactive ketones (excluding diaryl/α,β-unsaturated/α-hetero) is 1. The van der Waals surface area contributed by atoms with Gasteiger partial charge in [-0.2, -0.15) is 0 Å². The number of ketones is 1. The highest BCUT2D eigenvalue weighted by Crippen LogP contribution is 2.44. The second-order valence-electron chi connectivity index (χ2n) is 8.52. The second kappa shape index (κ2) is 8.14. The molecule has 0 aliphatic carbocycles. The number of thiazole rings is 1. The van der Waals surface area contributed by atoms with Gasteiger partial charge in [0, 0.05) is 48.1 Å². The van der Waals surface area contributed by atoms with Gasteiger partial charge in [-0.25, -0.2) is 4.98 Å². The van der Waals surface area contributed by atoms with Crippen molar-refractivity contribution in [3.05, 3.63) is 87.2 Å². The molecule has 1 atom stereocenters. The fraction of sp³-hybridized carbons (Fsp3) is 0.192. The number of aromatic nitrogens is 2. The Labute approximate surface area is 201 Å². The topological polar surface area (TPSA) is 89.5 Å². The molecule has 0 spiro atoms. The molecular formula is C26H24N4O3S. The van der Waals surface area contributed by atoms with Crippen LogP contribution in [0.5, 0.6) is 0 Å². The van der Waals surface area contributed by atoms with E-state index in [4.69, 9.17) is 0 Å². The maximum atomic E-state index is 13.8. The molecule has 0 fully saturated rings. The van der Waals surface area contributed by atoms with E-state index >= 15 is 0 Å². The van der Waals surface area contributed by atoms with E-state index in [0.29, 0.717) is 16.3 Å². The number of para-hydroxylation sites is 1. The summed E-state index contributed by atoms with van der Waals surface area (Å²) in [5, 5.41) is 12.7. The average Bonchev–Trinajstić information content (AvgIpc) is 3.47.